The first-order valence-electron chi connectivity index (χ1n) is 6.56. The van der Waals surface area contributed by atoms with Gasteiger partial charge in [-0.3, -0.25) is 4.90 Å². The summed E-state index contributed by atoms with van der Waals surface area (Å²) < 4.78 is 0. The number of nitrogens with zero attached hydrogens (tertiary/aromatic N) is 2. The molecule has 1 saturated carbocycles. The molecule has 1 aliphatic carbocycles. The highest BCUT2D eigenvalue weighted by atomic mass is 15.3. The Morgan fingerprint density at radius 3 is 2.25 bits per heavy atom. The number of nitrogens with two attached hydrogens (primary N) is 1. The number of rotatable bonds is 6. The SMILES string of the molecule is CCN(C(C)CN(C)C)C1(CN)CC(C)C1. The van der Waals surface area contributed by atoms with Crippen LogP contribution in [0.25, 0.3) is 0 Å². The van der Waals surface area contributed by atoms with Crippen molar-refractivity contribution >= 4 is 0 Å². The molecule has 0 bridgehead atoms. The molecule has 0 aliphatic heterocycles. The predicted octanol–water partition coefficient (Wildman–Crippen LogP) is 1.39. The Morgan fingerprint density at radius 2 is 1.94 bits per heavy atom. The first kappa shape index (κ1) is 13.9. The lowest BCUT2D eigenvalue weighted by atomic mass is 9.67. The molecule has 0 amide bonds. The van der Waals surface area contributed by atoms with Crippen LogP contribution in [-0.4, -0.2) is 55.1 Å². The van der Waals surface area contributed by atoms with Gasteiger partial charge in [0.15, 0.2) is 0 Å². The Kier molecular flexibility index (Phi) is 4.77. The molecule has 96 valence electrons. The van der Waals surface area contributed by atoms with Gasteiger partial charge in [0.2, 0.25) is 0 Å². The van der Waals surface area contributed by atoms with Gasteiger partial charge in [-0.15, -0.1) is 0 Å². The second kappa shape index (κ2) is 5.48. The zero-order chi connectivity index (χ0) is 12.3. The Bertz CT molecular complexity index is 209. The summed E-state index contributed by atoms with van der Waals surface area (Å²) in [6, 6.07) is 0.594. The zero-order valence-corrected chi connectivity index (χ0v) is 11.7. The van der Waals surface area contributed by atoms with Gasteiger partial charge in [0, 0.05) is 24.7 Å². The van der Waals surface area contributed by atoms with Crippen LogP contribution in [0, 0.1) is 5.92 Å². The molecular weight excluding hydrogens is 198 g/mol. The molecule has 0 spiro atoms. The van der Waals surface area contributed by atoms with Gasteiger partial charge >= 0.3 is 0 Å². The smallest absolute Gasteiger partial charge is 0.0340 e. The second-order valence-corrected chi connectivity index (χ2v) is 5.84. The Labute approximate surface area is 101 Å². The lowest BCUT2D eigenvalue weighted by molar-refractivity contribution is -0.0382. The Balaban J connectivity index is 2.65. The molecule has 3 nitrogen and oxygen atoms in total. The van der Waals surface area contributed by atoms with Crippen molar-refractivity contribution in [1.82, 2.24) is 9.80 Å². The number of hydrogen-bond donors (Lipinski definition) is 1. The topological polar surface area (TPSA) is 32.5 Å². The van der Waals surface area contributed by atoms with Crippen molar-refractivity contribution in [2.24, 2.45) is 11.7 Å². The van der Waals surface area contributed by atoms with Crippen molar-refractivity contribution < 1.29 is 0 Å². The standard InChI is InChI=1S/C13H29N3/c1-6-16(12(3)9-15(4)5)13(10-14)7-11(2)8-13/h11-12H,6-10,14H2,1-5H3. The van der Waals surface area contributed by atoms with E-state index in [0.717, 1.165) is 25.6 Å². The van der Waals surface area contributed by atoms with Crippen LogP contribution in [0.5, 0.6) is 0 Å². The average molecular weight is 227 g/mol. The highest BCUT2D eigenvalue weighted by molar-refractivity contribution is 5.03. The highest BCUT2D eigenvalue weighted by Crippen LogP contribution is 2.42. The molecule has 0 aromatic carbocycles. The molecule has 0 heterocycles. The van der Waals surface area contributed by atoms with Crippen LogP contribution < -0.4 is 5.73 Å². The van der Waals surface area contributed by atoms with E-state index in [9.17, 15) is 0 Å². The van der Waals surface area contributed by atoms with Gasteiger partial charge in [0.25, 0.3) is 0 Å². The summed E-state index contributed by atoms with van der Waals surface area (Å²) >= 11 is 0. The summed E-state index contributed by atoms with van der Waals surface area (Å²) in [5, 5.41) is 0. The fraction of sp³-hybridized carbons (Fsp3) is 1.00. The van der Waals surface area contributed by atoms with E-state index in [1.54, 1.807) is 0 Å². The van der Waals surface area contributed by atoms with Crippen molar-refractivity contribution in [2.45, 2.75) is 45.2 Å². The van der Waals surface area contributed by atoms with Crippen LogP contribution in [0.2, 0.25) is 0 Å². The van der Waals surface area contributed by atoms with Crippen LogP contribution in [0.15, 0.2) is 0 Å². The van der Waals surface area contributed by atoms with Crippen LogP contribution in [-0.2, 0) is 0 Å². The fourth-order valence-electron chi connectivity index (χ4n) is 3.50. The maximum atomic E-state index is 6.02. The first-order chi connectivity index (χ1) is 7.45. The van der Waals surface area contributed by atoms with Gasteiger partial charge in [0.05, 0.1) is 0 Å². The lowest BCUT2D eigenvalue weighted by Crippen LogP contribution is -2.64. The highest BCUT2D eigenvalue weighted by Gasteiger charge is 2.46. The molecule has 1 aliphatic rings. The fourth-order valence-corrected chi connectivity index (χ4v) is 3.50. The molecule has 0 aromatic heterocycles. The van der Waals surface area contributed by atoms with Crippen LogP contribution in [0.1, 0.15) is 33.6 Å². The Morgan fingerprint density at radius 1 is 1.38 bits per heavy atom. The molecule has 1 fully saturated rings. The molecule has 3 heteroatoms. The normalized spacial score (nSPS) is 31.9. The maximum absolute atomic E-state index is 6.02. The summed E-state index contributed by atoms with van der Waals surface area (Å²) in [6.45, 7) is 9.95. The summed E-state index contributed by atoms with van der Waals surface area (Å²) in [5.41, 5.74) is 6.32. The van der Waals surface area contributed by atoms with Crippen LogP contribution in [0.4, 0.5) is 0 Å². The van der Waals surface area contributed by atoms with E-state index in [0.29, 0.717) is 11.6 Å². The van der Waals surface area contributed by atoms with Crippen molar-refractivity contribution in [3.8, 4) is 0 Å². The quantitative estimate of drug-likeness (QED) is 0.744. The maximum Gasteiger partial charge on any atom is 0.0340 e. The monoisotopic (exact) mass is 227 g/mol. The summed E-state index contributed by atoms with van der Waals surface area (Å²) in [5.74, 6) is 0.851. The number of hydrogen-bond acceptors (Lipinski definition) is 3. The van der Waals surface area contributed by atoms with E-state index < -0.39 is 0 Å². The third-order valence-corrected chi connectivity index (χ3v) is 3.95. The zero-order valence-electron chi connectivity index (χ0n) is 11.7. The van der Waals surface area contributed by atoms with E-state index in [1.165, 1.54) is 12.8 Å². The molecule has 2 N–H and O–H groups in total. The van der Waals surface area contributed by atoms with E-state index in [2.05, 4.69) is 44.7 Å². The van der Waals surface area contributed by atoms with Gasteiger partial charge in [-0.25, -0.2) is 0 Å². The molecular formula is C13H29N3. The minimum atomic E-state index is 0.295. The van der Waals surface area contributed by atoms with Gasteiger partial charge in [-0.1, -0.05) is 13.8 Å². The van der Waals surface area contributed by atoms with Crippen molar-refractivity contribution in [2.75, 3.05) is 33.7 Å². The minimum Gasteiger partial charge on any atom is -0.329 e. The van der Waals surface area contributed by atoms with Crippen molar-refractivity contribution in [3.63, 3.8) is 0 Å². The van der Waals surface area contributed by atoms with Gasteiger partial charge in [-0.2, -0.15) is 0 Å². The van der Waals surface area contributed by atoms with Crippen LogP contribution >= 0.6 is 0 Å². The molecule has 0 saturated heterocycles. The summed E-state index contributed by atoms with van der Waals surface area (Å²) in [7, 11) is 4.28. The molecule has 0 radical (unpaired) electrons. The van der Waals surface area contributed by atoms with E-state index >= 15 is 0 Å². The molecule has 16 heavy (non-hydrogen) atoms. The summed E-state index contributed by atoms with van der Waals surface area (Å²) in [6.07, 6.45) is 2.55. The second-order valence-electron chi connectivity index (χ2n) is 5.84. The van der Waals surface area contributed by atoms with E-state index in [-0.39, 0.29) is 0 Å². The molecule has 1 atom stereocenters. The third kappa shape index (κ3) is 2.76. The van der Waals surface area contributed by atoms with Gasteiger partial charge in [0.1, 0.15) is 0 Å². The largest absolute Gasteiger partial charge is 0.329 e. The van der Waals surface area contributed by atoms with Gasteiger partial charge < -0.3 is 10.6 Å². The molecule has 1 rings (SSSR count). The van der Waals surface area contributed by atoms with Crippen molar-refractivity contribution in [3.05, 3.63) is 0 Å². The number of likely N-dealkylation sites (N-methyl/N-ethyl adjacent to an activating group) is 2. The first-order valence-corrected chi connectivity index (χ1v) is 6.56. The molecule has 1 unspecified atom stereocenters. The van der Waals surface area contributed by atoms with E-state index in [4.69, 9.17) is 5.73 Å². The van der Waals surface area contributed by atoms with Crippen LogP contribution in [0.3, 0.4) is 0 Å². The third-order valence-electron chi connectivity index (χ3n) is 3.95. The summed E-state index contributed by atoms with van der Waals surface area (Å²) in [4.78, 5) is 4.88. The van der Waals surface area contributed by atoms with Crippen molar-refractivity contribution in [1.29, 1.82) is 0 Å². The molecule has 0 aromatic rings. The predicted molar refractivity (Wildman–Crippen MR) is 70.6 cm³/mol. The van der Waals surface area contributed by atoms with Gasteiger partial charge in [-0.05, 0) is 46.3 Å². The average Bonchev–Trinajstić information content (AvgIpc) is 2.14. The lowest BCUT2D eigenvalue weighted by Gasteiger charge is -2.55. The minimum absolute atomic E-state index is 0.295. The van der Waals surface area contributed by atoms with E-state index in [1.807, 2.05) is 0 Å². The Hall–Kier alpha value is -0.120.